The molecule has 4 aliphatic rings. The number of carboxylic acid groups (broad SMARTS) is 1. The summed E-state index contributed by atoms with van der Waals surface area (Å²) >= 11 is 2.80. The van der Waals surface area contributed by atoms with Gasteiger partial charge in [-0.1, -0.05) is 29.5 Å². The number of aliphatic carboxylic acids is 1. The lowest BCUT2D eigenvalue weighted by Gasteiger charge is -2.43. The summed E-state index contributed by atoms with van der Waals surface area (Å²) in [6.07, 6.45) is 0.765. The number of nitrogens with one attached hydrogen (secondary N) is 1. The van der Waals surface area contributed by atoms with Crippen molar-refractivity contribution in [3.05, 3.63) is 44.4 Å². The number of likely N-dealkylation sites (tertiary alicyclic amines) is 1. The van der Waals surface area contributed by atoms with Gasteiger partial charge in [-0.15, -0.1) is 11.8 Å². The summed E-state index contributed by atoms with van der Waals surface area (Å²) in [7, 11) is 1.62. The van der Waals surface area contributed by atoms with Crippen molar-refractivity contribution in [1.82, 2.24) is 9.88 Å². The van der Waals surface area contributed by atoms with Gasteiger partial charge in [0.25, 0.3) is 0 Å². The average molecular weight is 473 g/mol. The largest absolute Gasteiger partial charge is 0.496 e. The molecule has 166 valence electrons. The first-order valence-electron chi connectivity index (χ1n) is 10.5. The Labute approximate surface area is 191 Å². The predicted molar refractivity (Wildman–Crippen MR) is 116 cm³/mol. The number of aromatic nitrogens is 1. The Morgan fingerprint density at radius 3 is 2.62 bits per heavy atom. The fraction of sp³-hybridized carbons (Fsp3) is 0.455. The molecule has 1 saturated heterocycles. The second-order valence-electron chi connectivity index (χ2n) is 8.86. The van der Waals surface area contributed by atoms with Gasteiger partial charge in [-0.2, -0.15) is 0 Å². The van der Waals surface area contributed by atoms with Crippen LogP contribution >= 0.6 is 23.1 Å². The van der Waals surface area contributed by atoms with Gasteiger partial charge < -0.3 is 14.8 Å². The number of hydrogen-bond acceptors (Lipinski definition) is 7. The number of hydrogen-bond donors (Lipinski definition) is 2. The number of carbonyl (C=O) groups is 3. The van der Waals surface area contributed by atoms with Crippen molar-refractivity contribution in [3.63, 3.8) is 0 Å². The minimum absolute atomic E-state index is 0.0241. The van der Waals surface area contributed by atoms with E-state index in [-0.39, 0.29) is 45.6 Å². The molecule has 2 aromatic rings. The highest BCUT2D eigenvalue weighted by molar-refractivity contribution is 8.00. The number of nitrogens with zero attached hydrogens (tertiary/aromatic N) is 1. The average Bonchev–Trinajstić information content (AvgIpc) is 3.49. The summed E-state index contributed by atoms with van der Waals surface area (Å²) in [4.78, 5) is 54.5. The Balaban J connectivity index is 1.47. The Bertz CT molecular complexity index is 1220. The molecule has 1 aromatic carbocycles. The molecular weight excluding hydrogens is 452 g/mol. The van der Waals surface area contributed by atoms with Gasteiger partial charge in [0.1, 0.15) is 12.3 Å². The van der Waals surface area contributed by atoms with Crippen LogP contribution in [0.4, 0.5) is 0 Å². The molecule has 2 amide bonds. The lowest BCUT2D eigenvalue weighted by molar-refractivity contribution is -0.149. The van der Waals surface area contributed by atoms with E-state index in [2.05, 4.69) is 4.98 Å². The van der Waals surface area contributed by atoms with Crippen molar-refractivity contribution in [2.45, 2.75) is 22.6 Å². The number of amides is 2. The third kappa shape index (κ3) is 2.56. The number of imide groups is 1. The molecule has 2 bridgehead atoms. The number of ether oxygens (including phenoxy) is 1. The van der Waals surface area contributed by atoms with Crippen LogP contribution in [0, 0.1) is 29.6 Å². The van der Waals surface area contributed by atoms with E-state index >= 15 is 0 Å². The van der Waals surface area contributed by atoms with Crippen LogP contribution in [0.3, 0.4) is 0 Å². The van der Waals surface area contributed by atoms with Crippen LogP contribution in [0.15, 0.2) is 34.1 Å². The van der Waals surface area contributed by atoms with Gasteiger partial charge in [0, 0.05) is 21.6 Å². The molecule has 0 unspecified atom stereocenters. The van der Waals surface area contributed by atoms with E-state index in [0.717, 1.165) is 32.5 Å². The van der Waals surface area contributed by atoms with E-state index in [1.54, 1.807) is 18.9 Å². The maximum absolute atomic E-state index is 13.2. The lowest BCUT2D eigenvalue weighted by Crippen LogP contribution is -2.42. The molecule has 2 saturated carbocycles. The number of thioether (sulfide) groups is 1. The number of methoxy groups -OCH3 is 1. The number of carbonyl (C=O) groups excluding carboxylic acids is 2. The summed E-state index contributed by atoms with van der Waals surface area (Å²) in [6, 6.07) is 7.75. The van der Waals surface area contributed by atoms with E-state index in [0.29, 0.717) is 0 Å². The fourth-order valence-electron chi connectivity index (χ4n) is 6.64. The van der Waals surface area contributed by atoms with Gasteiger partial charge in [0.05, 0.1) is 24.0 Å². The Morgan fingerprint density at radius 2 is 1.91 bits per heavy atom. The normalized spacial score (nSPS) is 34.4. The molecule has 1 aromatic heterocycles. The first kappa shape index (κ1) is 20.0. The van der Waals surface area contributed by atoms with E-state index in [9.17, 15) is 24.3 Å². The zero-order chi connectivity index (χ0) is 22.3. The van der Waals surface area contributed by atoms with Crippen LogP contribution in [-0.4, -0.2) is 51.7 Å². The summed E-state index contributed by atoms with van der Waals surface area (Å²) < 4.78 is 5.65. The van der Waals surface area contributed by atoms with Crippen LogP contribution < -0.4 is 9.61 Å². The van der Waals surface area contributed by atoms with Crippen molar-refractivity contribution in [2.75, 3.05) is 13.7 Å². The van der Waals surface area contributed by atoms with Crippen LogP contribution in [0.25, 0.3) is 0 Å². The highest BCUT2D eigenvalue weighted by Gasteiger charge is 2.69. The molecule has 8 nitrogen and oxygen atoms in total. The zero-order valence-electron chi connectivity index (χ0n) is 17.0. The number of H-pyrrole nitrogens is 1. The number of benzene rings is 1. The Kier molecular flexibility index (Phi) is 4.36. The van der Waals surface area contributed by atoms with Gasteiger partial charge in [-0.25, -0.2) is 0 Å². The molecule has 32 heavy (non-hydrogen) atoms. The second-order valence-corrected chi connectivity index (χ2v) is 11.1. The third-order valence-electron chi connectivity index (χ3n) is 7.58. The van der Waals surface area contributed by atoms with Gasteiger partial charge >= 0.3 is 10.8 Å². The first-order chi connectivity index (χ1) is 15.4. The van der Waals surface area contributed by atoms with Gasteiger partial charge in [-0.05, 0) is 30.2 Å². The maximum Gasteiger partial charge on any atom is 0.323 e. The quantitative estimate of drug-likeness (QED) is 0.654. The van der Waals surface area contributed by atoms with Crippen molar-refractivity contribution in [2.24, 2.45) is 29.6 Å². The minimum atomic E-state index is -1.18. The molecule has 6 rings (SSSR count). The predicted octanol–water partition coefficient (Wildman–Crippen LogP) is 2.00. The Morgan fingerprint density at radius 1 is 1.19 bits per heavy atom. The van der Waals surface area contributed by atoms with Crippen LogP contribution in [0.1, 0.15) is 22.8 Å². The van der Waals surface area contributed by atoms with Crippen molar-refractivity contribution >= 4 is 40.9 Å². The van der Waals surface area contributed by atoms with Crippen LogP contribution in [0.5, 0.6) is 5.75 Å². The highest BCUT2D eigenvalue weighted by Crippen LogP contribution is 2.68. The zero-order valence-corrected chi connectivity index (χ0v) is 18.7. The smallest absolute Gasteiger partial charge is 0.323 e. The third-order valence-corrected chi connectivity index (χ3v) is 10.2. The maximum atomic E-state index is 13.2. The summed E-state index contributed by atoms with van der Waals surface area (Å²) in [5.74, 6) is -2.24. The number of para-hydroxylation sites is 1. The van der Waals surface area contributed by atoms with Gasteiger partial charge in [0.2, 0.25) is 11.8 Å². The molecule has 3 fully saturated rings. The lowest BCUT2D eigenvalue weighted by atomic mass is 9.68. The molecule has 0 radical (unpaired) electrons. The molecule has 7 atom stereocenters. The molecule has 2 aliphatic heterocycles. The number of aromatic amines is 1. The van der Waals surface area contributed by atoms with Crippen LogP contribution in [-0.2, 0) is 14.4 Å². The van der Waals surface area contributed by atoms with Crippen molar-refractivity contribution in [3.8, 4) is 5.75 Å². The molecule has 0 spiro atoms. The van der Waals surface area contributed by atoms with Gasteiger partial charge in [-0.3, -0.25) is 24.1 Å². The second kappa shape index (κ2) is 6.95. The fourth-order valence-corrected chi connectivity index (χ4v) is 9.52. The van der Waals surface area contributed by atoms with Crippen molar-refractivity contribution < 1.29 is 24.2 Å². The monoisotopic (exact) mass is 472 g/mol. The number of carboxylic acids is 1. The number of fused-ring (bicyclic) bond motifs is 9. The van der Waals surface area contributed by atoms with E-state index in [1.807, 2.05) is 24.3 Å². The summed E-state index contributed by atoms with van der Waals surface area (Å²) in [6.45, 7) is -0.580. The Hall–Kier alpha value is -2.59. The van der Waals surface area contributed by atoms with E-state index < -0.39 is 24.3 Å². The molecule has 3 heterocycles. The highest BCUT2D eigenvalue weighted by atomic mass is 32.2. The topological polar surface area (TPSA) is 117 Å². The van der Waals surface area contributed by atoms with Gasteiger partial charge in [0.15, 0.2) is 0 Å². The van der Waals surface area contributed by atoms with Crippen LogP contribution in [0.2, 0.25) is 0 Å². The SMILES string of the molecule is COc1ccccc1[C@@H]1c2sc(=O)[nH]c2S[C@@H]2[C@H]3C[C@@H]([C@@H]4C(=O)N(CC(=O)O)C(=O)[C@H]34)[C@@H]12. The standard InChI is InChI=1S/C22H20N2O6S2/c1-30-11-5-3-2-4-8(11)13-14-9-6-10(17(14)31-19-18(13)32-22(29)23-19)16-15(9)20(27)24(21(16)28)7-12(25)26/h2-5,9-10,13-17H,6-7H2,1H3,(H,23,29)(H,25,26)/t9-,10+,13+,14+,15+,16-,17-/m1/s1. The first-order valence-corrected chi connectivity index (χ1v) is 12.2. The molecule has 2 aliphatic carbocycles. The molecule has 2 N–H and O–H groups in total. The summed E-state index contributed by atoms with van der Waals surface area (Å²) in [5, 5.41) is 10.1. The summed E-state index contributed by atoms with van der Waals surface area (Å²) in [5.41, 5.74) is 0.977. The van der Waals surface area contributed by atoms with E-state index in [1.165, 1.54) is 11.3 Å². The minimum Gasteiger partial charge on any atom is -0.496 e. The number of thiazole rings is 1. The molecule has 10 heteroatoms. The van der Waals surface area contributed by atoms with Crippen molar-refractivity contribution in [1.29, 1.82) is 0 Å². The van der Waals surface area contributed by atoms with E-state index in [4.69, 9.17) is 4.74 Å². The molecular formula is C22H20N2O6S2. The number of rotatable bonds is 4.